The van der Waals surface area contributed by atoms with Gasteiger partial charge in [-0.3, -0.25) is 4.90 Å². The quantitative estimate of drug-likeness (QED) is 0.863. The van der Waals surface area contributed by atoms with Crippen molar-refractivity contribution in [3.63, 3.8) is 0 Å². The van der Waals surface area contributed by atoms with Crippen LogP contribution in [0.2, 0.25) is 0 Å². The summed E-state index contributed by atoms with van der Waals surface area (Å²) >= 11 is 3.23. The first-order chi connectivity index (χ1) is 8.24. The van der Waals surface area contributed by atoms with E-state index in [1.54, 1.807) is 6.07 Å². The third kappa shape index (κ3) is 2.76. The van der Waals surface area contributed by atoms with Gasteiger partial charge in [0.05, 0.1) is 10.5 Å². The van der Waals surface area contributed by atoms with Crippen LogP contribution in [0.15, 0.2) is 35.3 Å². The third-order valence-electron chi connectivity index (χ3n) is 3.07. The van der Waals surface area contributed by atoms with Crippen molar-refractivity contribution in [1.29, 1.82) is 0 Å². The molecule has 1 aliphatic heterocycles. The summed E-state index contributed by atoms with van der Waals surface area (Å²) in [5.41, 5.74) is 0.691. The van der Waals surface area contributed by atoms with Gasteiger partial charge in [0.2, 0.25) is 0 Å². The van der Waals surface area contributed by atoms with Crippen LogP contribution in [0.3, 0.4) is 0 Å². The van der Waals surface area contributed by atoms with Gasteiger partial charge >= 0.3 is 0 Å². The molecule has 1 aromatic carbocycles. The molecule has 92 valence electrons. The van der Waals surface area contributed by atoms with Gasteiger partial charge in [-0.05, 0) is 22.0 Å². The summed E-state index contributed by atoms with van der Waals surface area (Å²) in [5, 5.41) is 3.29. The van der Waals surface area contributed by atoms with Crippen molar-refractivity contribution in [3.8, 4) is 0 Å². The molecule has 4 heteroatoms. The molecule has 0 amide bonds. The fourth-order valence-electron chi connectivity index (χ4n) is 2.18. The lowest BCUT2D eigenvalue weighted by molar-refractivity contribution is 0.200. The molecule has 1 fully saturated rings. The molecule has 0 radical (unpaired) electrons. The Bertz CT molecular complexity index is 402. The topological polar surface area (TPSA) is 15.3 Å². The second-order valence-corrected chi connectivity index (χ2v) is 4.96. The minimum atomic E-state index is -0.184. The zero-order valence-corrected chi connectivity index (χ0v) is 11.2. The standard InChI is InChI=1S/C13H16BrFN2/c1-2-12(17-8-6-16-7-9-17)10-4-3-5-11(14)13(10)15/h2-5,12,16H,1,6-9H2/t12-/m1/s1. The molecular formula is C13H16BrFN2. The van der Waals surface area contributed by atoms with Crippen LogP contribution in [0.1, 0.15) is 11.6 Å². The maximum Gasteiger partial charge on any atom is 0.142 e. The van der Waals surface area contributed by atoms with Crippen molar-refractivity contribution < 1.29 is 4.39 Å². The van der Waals surface area contributed by atoms with Gasteiger partial charge in [-0.25, -0.2) is 4.39 Å². The molecule has 1 aromatic rings. The first-order valence-corrected chi connectivity index (χ1v) is 6.54. The molecule has 1 saturated heterocycles. The Kier molecular flexibility index (Phi) is 4.31. The third-order valence-corrected chi connectivity index (χ3v) is 3.68. The first kappa shape index (κ1) is 12.7. The van der Waals surface area contributed by atoms with Crippen LogP contribution in [0.25, 0.3) is 0 Å². The molecule has 2 rings (SSSR count). The van der Waals surface area contributed by atoms with Crippen molar-refractivity contribution in [3.05, 3.63) is 46.7 Å². The van der Waals surface area contributed by atoms with Crippen molar-refractivity contribution in [2.45, 2.75) is 6.04 Å². The fraction of sp³-hybridized carbons (Fsp3) is 0.385. The maximum atomic E-state index is 14.1. The minimum absolute atomic E-state index is 0.0467. The summed E-state index contributed by atoms with van der Waals surface area (Å²) < 4.78 is 14.6. The lowest BCUT2D eigenvalue weighted by Gasteiger charge is -2.33. The molecule has 1 N–H and O–H groups in total. The highest BCUT2D eigenvalue weighted by Gasteiger charge is 2.22. The number of halogens is 2. The summed E-state index contributed by atoms with van der Waals surface area (Å²) in [5.74, 6) is -0.184. The smallest absolute Gasteiger partial charge is 0.142 e. The van der Waals surface area contributed by atoms with E-state index < -0.39 is 0 Å². The molecule has 0 saturated carbocycles. The summed E-state index contributed by atoms with van der Waals surface area (Å²) in [4.78, 5) is 2.24. The van der Waals surface area contributed by atoms with E-state index in [-0.39, 0.29) is 11.9 Å². The molecule has 0 unspecified atom stereocenters. The van der Waals surface area contributed by atoms with E-state index in [0.29, 0.717) is 10.0 Å². The van der Waals surface area contributed by atoms with E-state index >= 15 is 0 Å². The lowest BCUT2D eigenvalue weighted by atomic mass is 10.0. The van der Waals surface area contributed by atoms with E-state index in [1.807, 2.05) is 18.2 Å². The normalized spacial score (nSPS) is 18.9. The second kappa shape index (κ2) is 5.76. The number of hydrogen-bond donors (Lipinski definition) is 1. The highest BCUT2D eigenvalue weighted by atomic mass is 79.9. The summed E-state index contributed by atoms with van der Waals surface area (Å²) in [6.07, 6.45) is 1.82. The van der Waals surface area contributed by atoms with Gasteiger partial charge in [0, 0.05) is 31.7 Å². The number of hydrogen-bond acceptors (Lipinski definition) is 2. The maximum absolute atomic E-state index is 14.1. The van der Waals surface area contributed by atoms with Crippen LogP contribution in [0, 0.1) is 5.82 Å². The molecule has 1 aliphatic rings. The Hall–Kier alpha value is -0.710. The number of piperazine rings is 1. The largest absolute Gasteiger partial charge is 0.314 e. The van der Waals surface area contributed by atoms with E-state index in [0.717, 1.165) is 26.2 Å². The fourth-order valence-corrected chi connectivity index (χ4v) is 2.56. The van der Waals surface area contributed by atoms with E-state index in [1.165, 1.54) is 0 Å². The molecule has 1 atom stereocenters. The molecule has 0 aromatic heterocycles. The van der Waals surface area contributed by atoms with Crippen LogP contribution >= 0.6 is 15.9 Å². The lowest BCUT2D eigenvalue weighted by Crippen LogP contribution is -2.44. The van der Waals surface area contributed by atoms with Gasteiger partial charge in [0.25, 0.3) is 0 Å². The van der Waals surface area contributed by atoms with Crippen molar-refractivity contribution in [1.82, 2.24) is 10.2 Å². The van der Waals surface area contributed by atoms with Gasteiger partial charge in [0.15, 0.2) is 0 Å². The van der Waals surface area contributed by atoms with Crippen LogP contribution in [0.5, 0.6) is 0 Å². The SMILES string of the molecule is C=C[C@H](c1cccc(Br)c1F)N1CCNCC1. The number of nitrogens with zero attached hydrogens (tertiary/aromatic N) is 1. The van der Waals surface area contributed by atoms with Gasteiger partial charge in [-0.1, -0.05) is 18.2 Å². The van der Waals surface area contributed by atoms with Gasteiger partial charge in [-0.15, -0.1) is 6.58 Å². The molecule has 1 heterocycles. The molecular weight excluding hydrogens is 283 g/mol. The van der Waals surface area contributed by atoms with E-state index in [2.05, 4.69) is 32.7 Å². The van der Waals surface area contributed by atoms with E-state index in [4.69, 9.17) is 0 Å². The molecule has 0 aliphatic carbocycles. The Balaban J connectivity index is 2.27. The van der Waals surface area contributed by atoms with Gasteiger partial charge in [0.1, 0.15) is 5.82 Å². The monoisotopic (exact) mass is 298 g/mol. The Morgan fingerprint density at radius 1 is 1.41 bits per heavy atom. The Morgan fingerprint density at radius 3 is 2.76 bits per heavy atom. The molecule has 2 nitrogen and oxygen atoms in total. The molecule has 0 bridgehead atoms. The van der Waals surface area contributed by atoms with Crippen LogP contribution in [0.4, 0.5) is 4.39 Å². The predicted molar refractivity (Wildman–Crippen MR) is 71.5 cm³/mol. The summed E-state index contributed by atoms with van der Waals surface area (Å²) in [7, 11) is 0. The number of nitrogens with one attached hydrogen (secondary N) is 1. The second-order valence-electron chi connectivity index (χ2n) is 4.11. The highest BCUT2D eigenvalue weighted by molar-refractivity contribution is 9.10. The van der Waals surface area contributed by atoms with Gasteiger partial charge < -0.3 is 5.32 Å². The van der Waals surface area contributed by atoms with Crippen molar-refractivity contribution in [2.75, 3.05) is 26.2 Å². The van der Waals surface area contributed by atoms with Crippen molar-refractivity contribution >= 4 is 15.9 Å². The molecule has 17 heavy (non-hydrogen) atoms. The zero-order chi connectivity index (χ0) is 12.3. The average Bonchev–Trinajstić information content (AvgIpc) is 2.37. The molecule has 0 spiro atoms. The van der Waals surface area contributed by atoms with Crippen LogP contribution in [-0.4, -0.2) is 31.1 Å². The number of rotatable bonds is 3. The average molecular weight is 299 g/mol. The first-order valence-electron chi connectivity index (χ1n) is 5.75. The summed E-state index contributed by atoms with van der Waals surface area (Å²) in [6, 6.07) is 5.36. The van der Waals surface area contributed by atoms with Gasteiger partial charge in [-0.2, -0.15) is 0 Å². The number of benzene rings is 1. The Morgan fingerprint density at radius 2 is 2.12 bits per heavy atom. The van der Waals surface area contributed by atoms with E-state index in [9.17, 15) is 4.39 Å². The van der Waals surface area contributed by atoms with Crippen molar-refractivity contribution in [2.24, 2.45) is 0 Å². The summed E-state index contributed by atoms with van der Waals surface area (Å²) in [6.45, 7) is 7.57. The van der Waals surface area contributed by atoms with Crippen LogP contribution < -0.4 is 5.32 Å². The zero-order valence-electron chi connectivity index (χ0n) is 9.63. The van der Waals surface area contributed by atoms with Crippen LogP contribution in [-0.2, 0) is 0 Å². The highest BCUT2D eigenvalue weighted by Crippen LogP contribution is 2.28. The predicted octanol–water partition coefficient (Wildman–Crippen LogP) is 2.72. The minimum Gasteiger partial charge on any atom is -0.314 e. The Labute approximate surface area is 110 Å².